The largest absolute Gasteiger partial charge is 0.493 e. The highest BCUT2D eigenvalue weighted by Crippen LogP contribution is 2.37. The lowest BCUT2D eigenvalue weighted by Gasteiger charge is -2.09. The van der Waals surface area contributed by atoms with Gasteiger partial charge in [0.15, 0.2) is 11.3 Å². The molecule has 2 N–H and O–H groups in total. The molecule has 0 saturated heterocycles. The standard InChI is InChI=1S/C22H27ClN2O6S/c1-3-10-30-11-4-9-24-32(27,28)20-8-7-18(29-2)22-17(20)13-19(31-22)15-5-6-16(12-15)25-21(26)14-23/h5,7-8,12-13,24H,3-4,6,9-11,14H2,1-2H3,(H,25,26). The van der Waals surface area contributed by atoms with Crippen LogP contribution in [0.5, 0.6) is 5.75 Å². The van der Waals surface area contributed by atoms with Crippen LogP contribution < -0.4 is 14.8 Å². The number of alkyl halides is 1. The Morgan fingerprint density at radius 1 is 1.28 bits per heavy atom. The Balaban J connectivity index is 1.85. The lowest BCUT2D eigenvalue weighted by atomic mass is 10.2. The zero-order chi connectivity index (χ0) is 23.1. The van der Waals surface area contributed by atoms with E-state index in [2.05, 4.69) is 10.0 Å². The van der Waals surface area contributed by atoms with Crippen LogP contribution in [-0.4, -0.2) is 47.1 Å². The lowest BCUT2D eigenvalue weighted by Crippen LogP contribution is -2.25. The van der Waals surface area contributed by atoms with Crippen LogP contribution in [0.3, 0.4) is 0 Å². The summed E-state index contributed by atoms with van der Waals surface area (Å²) >= 11 is 5.54. The first-order chi connectivity index (χ1) is 15.4. The Hall–Kier alpha value is -2.33. The number of amides is 1. The van der Waals surface area contributed by atoms with Gasteiger partial charge < -0.3 is 19.2 Å². The molecule has 10 heteroatoms. The Morgan fingerprint density at radius 2 is 2.09 bits per heavy atom. The molecular formula is C22H27ClN2O6S. The number of benzene rings is 1. The van der Waals surface area contributed by atoms with Gasteiger partial charge in [-0.3, -0.25) is 4.79 Å². The number of allylic oxidation sites excluding steroid dienone is 3. The quantitative estimate of drug-likeness (QED) is 0.354. The highest BCUT2D eigenvalue weighted by atomic mass is 35.5. The topological polar surface area (TPSA) is 107 Å². The minimum absolute atomic E-state index is 0.107. The van der Waals surface area contributed by atoms with Crippen LogP contribution in [-0.2, 0) is 19.6 Å². The molecular weight excluding hydrogens is 456 g/mol. The molecule has 2 aromatic rings. The van der Waals surface area contributed by atoms with Gasteiger partial charge in [0.25, 0.3) is 0 Å². The van der Waals surface area contributed by atoms with E-state index in [4.69, 9.17) is 25.5 Å². The molecule has 32 heavy (non-hydrogen) atoms. The monoisotopic (exact) mass is 482 g/mol. The molecule has 1 aliphatic carbocycles. The van der Waals surface area contributed by atoms with Crippen molar-refractivity contribution in [2.75, 3.05) is 32.7 Å². The summed E-state index contributed by atoms with van der Waals surface area (Å²) in [5.74, 6) is 0.479. The highest BCUT2D eigenvalue weighted by molar-refractivity contribution is 7.89. The molecule has 1 aromatic heterocycles. The van der Waals surface area contributed by atoms with Crippen molar-refractivity contribution in [3.05, 3.63) is 41.8 Å². The van der Waals surface area contributed by atoms with Gasteiger partial charge in [-0.1, -0.05) is 13.0 Å². The van der Waals surface area contributed by atoms with Gasteiger partial charge in [0, 0.05) is 42.8 Å². The third kappa shape index (κ3) is 5.72. The smallest absolute Gasteiger partial charge is 0.241 e. The maximum Gasteiger partial charge on any atom is 0.241 e. The van der Waals surface area contributed by atoms with E-state index in [9.17, 15) is 13.2 Å². The molecule has 0 spiro atoms. The number of fused-ring (bicyclic) bond motifs is 1. The number of carbonyl (C=O) groups is 1. The fraction of sp³-hybridized carbons (Fsp3) is 0.409. The van der Waals surface area contributed by atoms with Gasteiger partial charge >= 0.3 is 0 Å². The van der Waals surface area contributed by atoms with Crippen molar-refractivity contribution in [2.24, 2.45) is 0 Å². The predicted octanol–water partition coefficient (Wildman–Crippen LogP) is 3.56. The maximum absolute atomic E-state index is 13.0. The number of sulfonamides is 1. The highest BCUT2D eigenvalue weighted by Gasteiger charge is 2.23. The van der Waals surface area contributed by atoms with Crippen LogP contribution in [0.15, 0.2) is 45.4 Å². The second kappa shape index (κ2) is 11.0. The number of hydrogen-bond acceptors (Lipinski definition) is 6. The molecule has 0 fully saturated rings. The zero-order valence-electron chi connectivity index (χ0n) is 18.1. The third-order valence-electron chi connectivity index (χ3n) is 4.80. The summed E-state index contributed by atoms with van der Waals surface area (Å²) in [7, 11) is -2.28. The number of furan rings is 1. The van der Waals surface area contributed by atoms with Crippen molar-refractivity contribution in [1.29, 1.82) is 0 Å². The average Bonchev–Trinajstić information content (AvgIpc) is 3.42. The van der Waals surface area contributed by atoms with Crippen molar-refractivity contribution in [3.63, 3.8) is 0 Å². The van der Waals surface area contributed by atoms with E-state index >= 15 is 0 Å². The normalized spacial score (nSPS) is 13.8. The fourth-order valence-electron chi connectivity index (χ4n) is 3.31. The second-order valence-electron chi connectivity index (χ2n) is 7.20. The first-order valence-corrected chi connectivity index (χ1v) is 12.4. The summed E-state index contributed by atoms with van der Waals surface area (Å²) in [6.45, 7) is 3.44. The van der Waals surface area contributed by atoms with Crippen molar-refractivity contribution in [3.8, 4) is 5.75 Å². The molecule has 1 aromatic carbocycles. The minimum atomic E-state index is -3.77. The van der Waals surface area contributed by atoms with E-state index in [1.54, 1.807) is 18.2 Å². The summed E-state index contributed by atoms with van der Waals surface area (Å²) in [6, 6.07) is 4.74. The molecule has 0 radical (unpaired) electrons. The Kier molecular flexibility index (Phi) is 8.36. The molecule has 174 valence electrons. The molecule has 1 heterocycles. The summed E-state index contributed by atoms with van der Waals surface area (Å²) < 4.78 is 45.2. The van der Waals surface area contributed by atoms with E-state index in [0.29, 0.717) is 54.2 Å². The Labute approximate surface area is 192 Å². The molecule has 0 saturated carbocycles. The minimum Gasteiger partial charge on any atom is -0.493 e. The zero-order valence-corrected chi connectivity index (χ0v) is 19.6. The van der Waals surface area contributed by atoms with Crippen molar-refractivity contribution >= 4 is 44.1 Å². The van der Waals surface area contributed by atoms with Gasteiger partial charge in [0.2, 0.25) is 15.9 Å². The van der Waals surface area contributed by atoms with E-state index in [1.807, 2.05) is 13.0 Å². The summed E-state index contributed by atoms with van der Waals surface area (Å²) in [4.78, 5) is 11.6. The van der Waals surface area contributed by atoms with Crippen molar-refractivity contribution < 1.29 is 27.1 Å². The summed E-state index contributed by atoms with van der Waals surface area (Å²) in [6.07, 6.45) is 5.67. The molecule has 3 rings (SSSR count). The van der Waals surface area contributed by atoms with Crippen LogP contribution >= 0.6 is 11.6 Å². The van der Waals surface area contributed by atoms with Crippen LogP contribution in [0.2, 0.25) is 0 Å². The number of ether oxygens (including phenoxy) is 2. The van der Waals surface area contributed by atoms with Gasteiger partial charge in [-0.05, 0) is 37.1 Å². The summed E-state index contributed by atoms with van der Waals surface area (Å²) in [5, 5.41) is 3.14. The average molecular weight is 483 g/mol. The second-order valence-corrected chi connectivity index (χ2v) is 9.20. The maximum atomic E-state index is 13.0. The number of nitrogens with one attached hydrogen (secondary N) is 2. The van der Waals surface area contributed by atoms with E-state index in [1.165, 1.54) is 13.2 Å². The molecule has 0 unspecified atom stereocenters. The molecule has 0 bridgehead atoms. The first-order valence-electron chi connectivity index (χ1n) is 10.3. The molecule has 0 aliphatic heterocycles. The summed E-state index contributed by atoms with van der Waals surface area (Å²) in [5.41, 5.74) is 1.76. The molecule has 1 amide bonds. The molecule has 0 atom stereocenters. The third-order valence-corrected chi connectivity index (χ3v) is 6.56. The van der Waals surface area contributed by atoms with Gasteiger partial charge in [-0.25, -0.2) is 13.1 Å². The Morgan fingerprint density at radius 3 is 2.81 bits per heavy atom. The number of hydrogen-bond donors (Lipinski definition) is 2. The van der Waals surface area contributed by atoms with Gasteiger partial charge in [-0.15, -0.1) is 11.6 Å². The number of rotatable bonds is 12. The predicted molar refractivity (Wildman–Crippen MR) is 123 cm³/mol. The van der Waals surface area contributed by atoms with Crippen LogP contribution in [0.1, 0.15) is 31.9 Å². The van der Waals surface area contributed by atoms with E-state index < -0.39 is 10.0 Å². The number of methoxy groups -OCH3 is 1. The van der Waals surface area contributed by atoms with Gasteiger partial charge in [0.1, 0.15) is 11.6 Å². The number of carbonyl (C=O) groups excluding carboxylic acids is 1. The SMILES string of the molecule is CCCOCCCNS(=O)(=O)c1ccc(OC)c2oc(C3=CCC(NC(=O)CCl)=C3)cc12. The molecule has 1 aliphatic rings. The first kappa shape index (κ1) is 24.3. The van der Waals surface area contributed by atoms with Crippen molar-refractivity contribution in [1.82, 2.24) is 10.0 Å². The number of halogens is 1. The van der Waals surface area contributed by atoms with Crippen LogP contribution in [0.25, 0.3) is 16.5 Å². The van der Waals surface area contributed by atoms with Gasteiger partial charge in [-0.2, -0.15) is 0 Å². The Bertz CT molecular complexity index is 1140. The van der Waals surface area contributed by atoms with Crippen LogP contribution in [0.4, 0.5) is 0 Å². The fourth-order valence-corrected chi connectivity index (χ4v) is 4.64. The van der Waals surface area contributed by atoms with Gasteiger partial charge in [0.05, 0.1) is 12.0 Å². The van der Waals surface area contributed by atoms with Crippen LogP contribution in [0, 0.1) is 0 Å². The molecule has 8 nitrogen and oxygen atoms in total. The van der Waals surface area contributed by atoms with Crippen molar-refractivity contribution in [2.45, 2.75) is 31.1 Å². The van der Waals surface area contributed by atoms with E-state index in [-0.39, 0.29) is 23.2 Å². The van der Waals surface area contributed by atoms with E-state index in [0.717, 1.165) is 12.0 Å². The lowest BCUT2D eigenvalue weighted by molar-refractivity contribution is -0.118.